The van der Waals surface area contributed by atoms with Crippen LogP contribution < -0.4 is 4.74 Å². The molecule has 3 heterocycles. The lowest BCUT2D eigenvalue weighted by molar-refractivity contribution is 0.134. The molecule has 0 aliphatic carbocycles. The molecule has 1 aliphatic rings. The van der Waals surface area contributed by atoms with Crippen molar-refractivity contribution in [1.29, 1.82) is 0 Å². The highest BCUT2D eigenvalue weighted by molar-refractivity contribution is 7.89. The van der Waals surface area contributed by atoms with Crippen LogP contribution in [0.15, 0.2) is 40.2 Å². The molecule has 0 radical (unpaired) electrons. The first kappa shape index (κ1) is 15.5. The first-order valence-corrected chi connectivity index (χ1v) is 9.55. The van der Waals surface area contributed by atoms with Crippen molar-refractivity contribution in [3.05, 3.63) is 40.8 Å². The number of ether oxygens (including phenoxy) is 1. The van der Waals surface area contributed by atoms with Gasteiger partial charge in [0.2, 0.25) is 10.0 Å². The molecule has 5 nitrogen and oxygen atoms in total. The molecule has 0 atom stereocenters. The minimum Gasteiger partial charge on any atom is -0.490 e. The van der Waals surface area contributed by atoms with Gasteiger partial charge in [-0.3, -0.25) is 4.98 Å². The van der Waals surface area contributed by atoms with Crippen molar-refractivity contribution in [3.63, 3.8) is 0 Å². The van der Waals surface area contributed by atoms with Crippen molar-refractivity contribution in [3.8, 4) is 5.75 Å². The Morgan fingerprint density at radius 3 is 2.73 bits per heavy atom. The average Bonchev–Trinajstić information content (AvgIpc) is 3.05. The van der Waals surface area contributed by atoms with E-state index >= 15 is 0 Å². The molecular formula is C15H18N2O3S2. The fourth-order valence-corrected chi connectivity index (χ4v) is 5.00. The molecule has 118 valence electrons. The Labute approximate surface area is 134 Å². The maximum atomic E-state index is 12.5. The Balaban J connectivity index is 1.62. The van der Waals surface area contributed by atoms with E-state index in [1.807, 2.05) is 13.0 Å². The van der Waals surface area contributed by atoms with Crippen LogP contribution in [0.25, 0.3) is 0 Å². The summed E-state index contributed by atoms with van der Waals surface area (Å²) in [5.41, 5.74) is 0.996. The summed E-state index contributed by atoms with van der Waals surface area (Å²) in [5.74, 6) is 0.828. The van der Waals surface area contributed by atoms with Gasteiger partial charge in [-0.15, -0.1) is 0 Å². The summed E-state index contributed by atoms with van der Waals surface area (Å²) in [6.07, 6.45) is 4.93. The van der Waals surface area contributed by atoms with Gasteiger partial charge in [-0.1, -0.05) is 0 Å². The molecule has 0 spiro atoms. The largest absolute Gasteiger partial charge is 0.490 e. The monoisotopic (exact) mass is 338 g/mol. The van der Waals surface area contributed by atoms with E-state index in [0.29, 0.717) is 30.8 Å². The Kier molecular flexibility index (Phi) is 4.46. The van der Waals surface area contributed by atoms with E-state index in [4.69, 9.17) is 4.74 Å². The zero-order chi connectivity index (χ0) is 15.6. The normalized spacial score (nSPS) is 17.5. The maximum Gasteiger partial charge on any atom is 0.243 e. The van der Waals surface area contributed by atoms with E-state index in [-0.39, 0.29) is 6.10 Å². The molecule has 3 rings (SSSR count). The highest BCUT2D eigenvalue weighted by Crippen LogP contribution is 2.25. The number of hydrogen-bond acceptors (Lipinski definition) is 5. The van der Waals surface area contributed by atoms with Crippen molar-refractivity contribution in [2.45, 2.75) is 30.8 Å². The standard InChI is InChI=1S/C15H18N2O3S2/c1-12-10-16-6-2-15(12)20-13-3-7-17(8-4-13)22(18,19)14-5-9-21-11-14/h2,5-6,9-11,13H,3-4,7-8H2,1H3. The topological polar surface area (TPSA) is 59.5 Å². The third kappa shape index (κ3) is 3.16. The molecular weight excluding hydrogens is 320 g/mol. The number of rotatable bonds is 4. The zero-order valence-corrected chi connectivity index (χ0v) is 13.9. The number of aromatic nitrogens is 1. The van der Waals surface area contributed by atoms with Crippen LogP contribution in [0.1, 0.15) is 18.4 Å². The molecule has 0 saturated carbocycles. The molecule has 1 aliphatic heterocycles. The van der Waals surface area contributed by atoms with Crippen LogP contribution in [-0.4, -0.2) is 36.9 Å². The average molecular weight is 338 g/mol. The maximum absolute atomic E-state index is 12.5. The Morgan fingerprint density at radius 2 is 2.09 bits per heavy atom. The van der Waals surface area contributed by atoms with E-state index in [0.717, 1.165) is 11.3 Å². The molecule has 0 N–H and O–H groups in total. The van der Waals surface area contributed by atoms with Gasteiger partial charge < -0.3 is 4.74 Å². The molecule has 7 heteroatoms. The number of thiophene rings is 1. The van der Waals surface area contributed by atoms with Gasteiger partial charge >= 0.3 is 0 Å². The third-order valence-corrected chi connectivity index (χ3v) is 6.52. The quantitative estimate of drug-likeness (QED) is 0.860. The van der Waals surface area contributed by atoms with Crippen LogP contribution in [0, 0.1) is 6.92 Å². The molecule has 1 saturated heterocycles. The van der Waals surface area contributed by atoms with Crippen LogP contribution in [0.2, 0.25) is 0 Å². The smallest absolute Gasteiger partial charge is 0.243 e. The summed E-state index contributed by atoms with van der Waals surface area (Å²) in [6, 6.07) is 3.51. The fraction of sp³-hybridized carbons (Fsp3) is 0.400. The highest BCUT2D eigenvalue weighted by atomic mass is 32.2. The summed E-state index contributed by atoms with van der Waals surface area (Å²) in [4.78, 5) is 4.43. The van der Waals surface area contributed by atoms with Crippen LogP contribution in [0.5, 0.6) is 5.75 Å². The van der Waals surface area contributed by atoms with E-state index in [1.54, 1.807) is 33.5 Å². The van der Waals surface area contributed by atoms with Gasteiger partial charge in [0.25, 0.3) is 0 Å². The van der Waals surface area contributed by atoms with Crippen molar-refractivity contribution in [2.75, 3.05) is 13.1 Å². The molecule has 0 aromatic carbocycles. The number of hydrogen-bond donors (Lipinski definition) is 0. The van der Waals surface area contributed by atoms with Crippen LogP contribution >= 0.6 is 11.3 Å². The summed E-state index contributed by atoms with van der Waals surface area (Å²) in [6.45, 7) is 2.94. The van der Waals surface area contributed by atoms with Crippen LogP contribution in [0.4, 0.5) is 0 Å². The van der Waals surface area contributed by atoms with E-state index < -0.39 is 10.0 Å². The Hall–Kier alpha value is -1.44. The van der Waals surface area contributed by atoms with Gasteiger partial charge in [-0.25, -0.2) is 8.42 Å². The van der Waals surface area contributed by atoms with Gasteiger partial charge in [0, 0.05) is 36.4 Å². The van der Waals surface area contributed by atoms with Crippen LogP contribution in [0.3, 0.4) is 0 Å². The van der Waals surface area contributed by atoms with Crippen molar-refractivity contribution in [1.82, 2.24) is 9.29 Å². The lowest BCUT2D eigenvalue weighted by atomic mass is 10.1. The van der Waals surface area contributed by atoms with Gasteiger partial charge in [0.05, 0.1) is 4.90 Å². The van der Waals surface area contributed by atoms with E-state index in [9.17, 15) is 8.42 Å². The van der Waals surface area contributed by atoms with Crippen molar-refractivity contribution >= 4 is 21.4 Å². The van der Waals surface area contributed by atoms with Crippen LogP contribution in [-0.2, 0) is 10.0 Å². The number of pyridine rings is 1. The van der Waals surface area contributed by atoms with Crippen molar-refractivity contribution in [2.24, 2.45) is 0 Å². The van der Waals surface area contributed by atoms with Gasteiger partial charge in [0.15, 0.2) is 0 Å². The van der Waals surface area contributed by atoms with E-state index in [1.165, 1.54) is 11.3 Å². The molecule has 2 aromatic rings. The third-order valence-electron chi connectivity index (χ3n) is 3.80. The first-order chi connectivity index (χ1) is 10.6. The minimum absolute atomic E-state index is 0.0509. The Bertz CT molecular complexity index is 721. The fourth-order valence-electron chi connectivity index (χ4n) is 2.51. The van der Waals surface area contributed by atoms with Gasteiger partial charge in [-0.05, 0) is 37.3 Å². The second kappa shape index (κ2) is 6.36. The number of piperidine rings is 1. The number of nitrogens with zero attached hydrogens (tertiary/aromatic N) is 2. The van der Waals surface area contributed by atoms with Crippen molar-refractivity contribution < 1.29 is 13.2 Å². The Morgan fingerprint density at radius 1 is 1.32 bits per heavy atom. The molecule has 0 amide bonds. The summed E-state index contributed by atoms with van der Waals surface area (Å²) >= 11 is 1.40. The van der Waals surface area contributed by atoms with Gasteiger partial charge in [0.1, 0.15) is 11.9 Å². The minimum atomic E-state index is -3.34. The molecule has 1 fully saturated rings. The molecule has 0 unspecified atom stereocenters. The molecule has 0 bridgehead atoms. The SMILES string of the molecule is Cc1cnccc1OC1CCN(S(=O)(=O)c2ccsc2)CC1. The summed E-state index contributed by atoms with van der Waals surface area (Å²) < 4.78 is 32.4. The zero-order valence-electron chi connectivity index (χ0n) is 12.3. The predicted octanol–water partition coefficient (Wildman–Crippen LogP) is 2.68. The number of sulfonamides is 1. The molecule has 2 aromatic heterocycles. The lowest BCUT2D eigenvalue weighted by Gasteiger charge is -2.31. The lowest BCUT2D eigenvalue weighted by Crippen LogP contribution is -2.41. The highest BCUT2D eigenvalue weighted by Gasteiger charge is 2.30. The molecule has 22 heavy (non-hydrogen) atoms. The first-order valence-electron chi connectivity index (χ1n) is 7.17. The second-order valence-corrected chi connectivity index (χ2v) is 8.04. The van der Waals surface area contributed by atoms with Gasteiger partial charge in [-0.2, -0.15) is 15.6 Å². The summed E-state index contributed by atoms with van der Waals surface area (Å²) in [7, 11) is -3.34. The van der Waals surface area contributed by atoms with E-state index in [2.05, 4.69) is 4.98 Å². The second-order valence-electron chi connectivity index (χ2n) is 5.32. The summed E-state index contributed by atoms with van der Waals surface area (Å²) in [5, 5.41) is 3.47. The predicted molar refractivity (Wildman–Crippen MR) is 85.7 cm³/mol. The number of aryl methyl sites for hydroxylation is 1.